The van der Waals surface area contributed by atoms with Gasteiger partial charge in [0.1, 0.15) is 11.2 Å². The molecule has 0 amide bonds. The second kappa shape index (κ2) is 13.5. The number of para-hydroxylation sites is 1. The van der Waals surface area contributed by atoms with E-state index in [9.17, 15) is 0 Å². The smallest absolute Gasteiger partial charge is 0.136 e. The summed E-state index contributed by atoms with van der Waals surface area (Å²) in [5, 5.41) is 2.21. The quantitative estimate of drug-likeness (QED) is 0.167. The van der Waals surface area contributed by atoms with Gasteiger partial charge in [-0.15, -0.1) is 0 Å². The van der Waals surface area contributed by atoms with E-state index in [0.29, 0.717) is 0 Å². The number of hydrogen-bond acceptors (Lipinski definition) is 2. The van der Waals surface area contributed by atoms with Gasteiger partial charge < -0.3 is 9.32 Å². The molecule has 2 heteroatoms. The lowest BCUT2D eigenvalue weighted by Gasteiger charge is -2.31. The zero-order valence-corrected chi connectivity index (χ0v) is 35.4. The number of anilines is 3. The summed E-state index contributed by atoms with van der Waals surface area (Å²) in [7, 11) is 0. The molecule has 0 saturated carbocycles. The van der Waals surface area contributed by atoms with Crippen LogP contribution in [0.3, 0.4) is 0 Å². The summed E-state index contributed by atoms with van der Waals surface area (Å²) in [4.78, 5) is 2.52. The highest BCUT2D eigenvalue weighted by Gasteiger charge is 2.38. The molecule has 0 N–H and O–H groups in total. The molecular formula is C60H45NO. The Morgan fingerprint density at radius 2 is 0.823 bits per heavy atom. The van der Waals surface area contributed by atoms with Crippen molar-refractivity contribution in [2.24, 2.45) is 0 Å². The van der Waals surface area contributed by atoms with Crippen molar-refractivity contribution in [1.82, 2.24) is 0 Å². The van der Waals surface area contributed by atoms with Crippen LogP contribution in [0.5, 0.6) is 0 Å². The molecule has 10 aromatic rings. The summed E-state index contributed by atoms with van der Waals surface area (Å²) < 4.78 is 6.72. The Morgan fingerprint density at radius 3 is 1.39 bits per heavy atom. The third kappa shape index (κ3) is 5.43. The van der Waals surface area contributed by atoms with E-state index in [1.807, 2.05) is 0 Å². The van der Waals surface area contributed by atoms with Crippen LogP contribution in [-0.4, -0.2) is 0 Å². The van der Waals surface area contributed by atoms with E-state index in [-0.39, 0.29) is 10.8 Å². The van der Waals surface area contributed by atoms with Gasteiger partial charge in [-0.3, -0.25) is 0 Å². The monoisotopic (exact) mass is 795 g/mol. The molecule has 0 spiro atoms. The predicted octanol–water partition coefficient (Wildman–Crippen LogP) is 16.7. The topological polar surface area (TPSA) is 16.4 Å². The van der Waals surface area contributed by atoms with Gasteiger partial charge in [-0.05, 0) is 133 Å². The molecule has 1 aromatic heterocycles. The number of nitrogens with zero attached hydrogens (tertiary/aromatic N) is 1. The van der Waals surface area contributed by atoms with Crippen molar-refractivity contribution in [3.8, 4) is 55.6 Å². The highest BCUT2D eigenvalue weighted by atomic mass is 16.3. The van der Waals surface area contributed by atoms with Crippen LogP contribution in [0.2, 0.25) is 0 Å². The first-order valence-corrected chi connectivity index (χ1v) is 21.8. The van der Waals surface area contributed by atoms with E-state index in [1.165, 1.54) is 66.8 Å². The van der Waals surface area contributed by atoms with Gasteiger partial charge in [0.2, 0.25) is 0 Å². The molecule has 2 nitrogen and oxygen atoms in total. The number of fused-ring (bicyclic) bond motifs is 9. The number of hydrogen-bond donors (Lipinski definition) is 0. The van der Waals surface area contributed by atoms with E-state index in [0.717, 1.165) is 50.1 Å². The summed E-state index contributed by atoms with van der Waals surface area (Å²) in [6, 6.07) is 73.7. The van der Waals surface area contributed by atoms with E-state index in [4.69, 9.17) is 4.42 Å². The zero-order chi connectivity index (χ0) is 41.7. The molecule has 0 saturated heterocycles. The third-order valence-electron chi connectivity index (χ3n) is 13.8. The Labute approximate surface area is 363 Å². The van der Waals surface area contributed by atoms with E-state index in [1.54, 1.807) is 0 Å². The molecule has 2 aliphatic rings. The minimum absolute atomic E-state index is 0.169. The minimum atomic E-state index is -0.169. The fourth-order valence-corrected chi connectivity index (χ4v) is 10.7. The first-order valence-electron chi connectivity index (χ1n) is 21.8. The normalized spacial score (nSPS) is 14.1. The Balaban J connectivity index is 1.18. The largest absolute Gasteiger partial charge is 0.456 e. The first kappa shape index (κ1) is 36.4. The lowest BCUT2D eigenvalue weighted by molar-refractivity contribution is 0.660. The molecule has 296 valence electrons. The number of benzene rings is 9. The van der Waals surface area contributed by atoms with Gasteiger partial charge in [-0.25, -0.2) is 0 Å². The van der Waals surface area contributed by atoms with Gasteiger partial charge in [0.25, 0.3) is 0 Å². The van der Waals surface area contributed by atoms with Crippen molar-refractivity contribution in [3.05, 3.63) is 222 Å². The van der Waals surface area contributed by atoms with Crippen LogP contribution in [-0.2, 0) is 10.8 Å². The van der Waals surface area contributed by atoms with Gasteiger partial charge in [0, 0.05) is 38.5 Å². The molecule has 62 heavy (non-hydrogen) atoms. The van der Waals surface area contributed by atoms with Crippen LogP contribution in [0.25, 0.3) is 77.6 Å². The van der Waals surface area contributed by atoms with Gasteiger partial charge >= 0.3 is 0 Å². The molecule has 2 aliphatic carbocycles. The first-order chi connectivity index (χ1) is 30.3. The van der Waals surface area contributed by atoms with Crippen molar-refractivity contribution in [1.29, 1.82) is 0 Å². The fourth-order valence-electron chi connectivity index (χ4n) is 10.7. The number of rotatable bonds is 6. The number of furan rings is 1. The fraction of sp³-hybridized carbons (Fsp3) is 0.100. The Kier molecular flexibility index (Phi) is 7.96. The van der Waals surface area contributed by atoms with E-state index < -0.39 is 0 Å². The molecule has 0 bridgehead atoms. The van der Waals surface area contributed by atoms with Crippen LogP contribution in [0.4, 0.5) is 17.1 Å². The molecule has 9 aromatic carbocycles. The van der Waals surface area contributed by atoms with Gasteiger partial charge in [-0.2, -0.15) is 0 Å². The van der Waals surface area contributed by atoms with E-state index >= 15 is 0 Å². The summed E-state index contributed by atoms with van der Waals surface area (Å²) in [5.74, 6) is 0. The summed E-state index contributed by atoms with van der Waals surface area (Å²) >= 11 is 0. The zero-order valence-electron chi connectivity index (χ0n) is 35.4. The molecule has 0 unspecified atom stereocenters. The Hall–Kier alpha value is -7.42. The van der Waals surface area contributed by atoms with Crippen molar-refractivity contribution in [3.63, 3.8) is 0 Å². The summed E-state index contributed by atoms with van der Waals surface area (Å²) in [6.07, 6.45) is 0. The second-order valence-electron chi connectivity index (χ2n) is 18.1. The van der Waals surface area contributed by atoms with Crippen molar-refractivity contribution < 1.29 is 4.42 Å². The molecule has 0 radical (unpaired) electrons. The van der Waals surface area contributed by atoms with Crippen molar-refractivity contribution in [2.75, 3.05) is 4.90 Å². The molecule has 12 rings (SSSR count). The van der Waals surface area contributed by atoms with Crippen LogP contribution in [0.1, 0.15) is 49.9 Å². The lowest BCUT2D eigenvalue weighted by atomic mass is 9.82. The molecule has 1 heterocycles. The third-order valence-corrected chi connectivity index (χ3v) is 13.8. The van der Waals surface area contributed by atoms with Crippen LogP contribution >= 0.6 is 0 Å². The SMILES string of the molecule is CC1(C)c2ccccc2-c2ccc(N(c3ccc4c(c3)C(C)(C)c3ccccc3-4)c3ccc4oc5ccccc5c4c3-c3cc(-c4ccccc4)cc(-c4ccccc4)c3)cc21. The molecule has 0 atom stereocenters. The molecule has 0 fully saturated rings. The van der Waals surface area contributed by atoms with Crippen LogP contribution < -0.4 is 4.90 Å². The van der Waals surface area contributed by atoms with Gasteiger partial charge in [0.05, 0.1) is 5.69 Å². The van der Waals surface area contributed by atoms with Crippen molar-refractivity contribution in [2.45, 2.75) is 38.5 Å². The van der Waals surface area contributed by atoms with Crippen molar-refractivity contribution >= 4 is 39.0 Å². The maximum atomic E-state index is 6.72. The Bertz CT molecular complexity index is 3240. The highest BCUT2D eigenvalue weighted by molar-refractivity contribution is 6.17. The minimum Gasteiger partial charge on any atom is -0.456 e. The average Bonchev–Trinajstić information content (AvgIpc) is 3.89. The van der Waals surface area contributed by atoms with Crippen LogP contribution in [0, 0.1) is 0 Å². The maximum absolute atomic E-state index is 6.72. The summed E-state index contributed by atoms with van der Waals surface area (Å²) in [5.41, 5.74) is 22.3. The lowest BCUT2D eigenvalue weighted by Crippen LogP contribution is -2.18. The average molecular weight is 796 g/mol. The van der Waals surface area contributed by atoms with Gasteiger partial charge in [0.15, 0.2) is 0 Å². The van der Waals surface area contributed by atoms with Gasteiger partial charge in [-0.1, -0.05) is 167 Å². The summed E-state index contributed by atoms with van der Waals surface area (Å²) in [6.45, 7) is 9.48. The van der Waals surface area contributed by atoms with Crippen LogP contribution in [0.15, 0.2) is 205 Å². The molecular weight excluding hydrogens is 751 g/mol. The second-order valence-corrected chi connectivity index (χ2v) is 18.1. The Morgan fingerprint density at radius 1 is 0.355 bits per heavy atom. The standard InChI is InChI=1S/C60H45NO/c1-59(2)50-24-14-11-21-45(50)47-29-27-43(36-52(47)59)61(44-28-30-48-46-22-12-15-25-51(46)60(3,4)53(48)37-44)54-31-32-56-58(49-23-13-16-26-55(49)62-56)57(54)42-34-40(38-17-7-5-8-18-38)33-41(35-42)39-19-9-6-10-20-39/h5-37H,1-4H3. The molecule has 0 aliphatic heterocycles. The van der Waals surface area contributed by atoms with E-state index in [2.05, 4.69) is 233 Å². The highest BCUT2D eigenvalue weighted by Crippen LogP contribution is 2.55. The predicted molar refractivity (Wildman–Crippen MR) is 260 cm³/mol. The maximum Gasteiger partial charge on any atom is 0.136 e.